The molecule has 1 aliphatic heterocycles. The van der Waals surface area contributed by atoms with Gasteiger partial charge in [0.1, 0.15) is 0 Å². The first-order chi connectivity index (χ1) is 9.72. The van der Waals surface area contributed by atoms with Crippen LogP contribution in [0.1, 0.15) is 25.3 Å². The van der Waals surface area contributed by atoms with Crippen molar-refractivity contribution in [2.24, 2.45) is 0 Å². The lowest BCUT2D eigenvalue weighted by Crippen LogP contribution is -2.51. The first-order valence-corrected chi connectivity index (χ1v) is 8.12. The molecule has 8 heteroatoms. The van der Waals surface area contributed by atoms with Crippen LogP contribution in [-0.4, -0.2) is 27.0 Å². The number of halogens is 3. The third-order valence-corrected chi connectivity index (χ3v) is 5.10. The molecule has 0 amide bonds. The van der Waals surface area contributed by atoms with E-state index < -0.39 is 32.7 Å². The number of benzene rings is 1. The maximum absolute atomic E-state index is 12.9. The van der Waals surface area contributed by atoms with Crippen LogP contribution in [-0.2, 0) is 16.2 Å². The van der Waals surface area contributed by atoms with Gasteiger partial charge in [-0.25, -0.2) is 13.1 Å². The average molecular weight is 322 g/mol. The van der Waals surface area contributed by atoms with Crippen LogP contribution in [0.15, 0.2) is 29.2 Å². The molecule has 0 spiro atoms. The Bertz CT molecular complexity index is 602. The molecule has 0 unspecified atom stereocenters. The molecule has 0 saturated carbocycles. The maximum Gasteiger partial charge on any atom is 0.417 e. The largest absolute Gasteiger partial charge is 0.417 e. The summed E-state index contributed by atoms with van der Waals surface area (Å²) in [5, 5.41) is 3.10. The van der Waals surface area contributed by atoms with E-state index in [2.05, 4.69) is 10.0 Å². The van der Waals surface area contributed by atoms with E-state index in [9.17, 15) is 21.6 Å². The highest BCUT2D eigenvalue weighted by molar-refractivity contribution is 7.89. The number of nitrogens with one attached hydrogen (secondary N) is 2. The summed E-state index contributed by atoms with van der Waals surface area (Å²) in [6.07, 6.45) is -3.33. The predicted octanol–water partition coefficient (Wildman–Crippen LogP) is 2.12. The molecular weight excluding hydrogens is 305 g/mol. The van der Waals surface area contributed by atoms with Crippen molar-refractivity contribution in [3.05, 3.63) is 29.8 Å². The van der Waals surface area contributed by atoms with E-state index in [1.807, 2.05) is 6.92 Å². The Kier molecular flexibility index (Phi) is 4.60. The molecule has 0 bridgehead atoms. The van der Waals surface area contributed by atoms with Gasteiger partial charge in [-0.2, -0.15) is 13.2 Å². The van der Waals surface area contributed by atoms with E-state index >= 15 is 0 Å². The fourth-order valence-electron chi connectivity index (χ4n) is 2.40. The zero-order valence-electron chi connectivity index (χ0n) is 11.4. The molecule has 118 valence electrons. The molecule has 1 aromatic carbocycles. The molecule has 2 rings (SSSR count). The molecule has 4 nitrogen and oxygen atoms in total. The van der Waals surface area contributed by atoms with E-state index in [1.54, 1.807) is 0 Å². The molecule has 1 fully saturated rings. The van der Waals surface area contributed by atoms with Gasteiger partial charge in [0.25, 0.3) is 0 Å². The van der Waals surface area contributed by atoms with Gasteiger partial charge in [0, 0.05) is 12.1 Å². The second-order valence-corrected chi connectivity index (χ2v) is 6.79. The highest BCUT2D eigenvalue weighted by atomic mass is 32.2. The first-order valence-electron chi connectivity index (χ1n) is 6.64. The van der Waals surface area contributed by atoms with Gasteiger partial charge in [0.05, 0.1) is 10.5 Å². The average Bonchev–Trinajstić information content (AvgIpc) is 2.40. The molecule has 2 N–H and O–H groups in total. The molecule has 1 aliphatic rings. The number of alkyl halides is 3. The standard InChI is InChI=1S/C13H17F3N2O2S/c1-9-11(6-4-8-17-9)18-21(19,20)12-7-3-2-5-10(12)13(14,15)16/h2-3,5,7,9,11,17-18H,4,6,8H2,1H3/t9-,11+/m1/s1. The molecule has 1 aromatic rings. The first kappa shape index (κ1) is 16.3. The topological polar surface area (TPSA) is 58.2 Å². The molecule has 0 aliphatic carbocycles. The van der Waals surface area contributed by atoms with Crippen LogP contribution in [0.3, 0.4) is 0 Å². The summed E-state index contributed by atoms with van der Waals surface area (Å²) in [4.78, 5) is -0.727. The fraction of sp³-hybridized carbons (Fsp3) is 0.538. The van der Waals surface area contributed by atoms with Crippen molar-refractivity contribution in [1.29, 1.82) is 0 Å². The molecular formula is C13H17F3N2O2S. The van der Waals surface area contributed by atoms with Crippen LogP contribution in [0, 0.1) is 0 Å². The van der Waals surface area contributed by atoms with E-state index in [0.717, 1.165) is 25.1 Å². The van der Waals surface area contributed by atoms with Crippen LogP contribution < -0.4 is 10.0 Å². The quantitative estimate of drug-likeness (QED) is 0.896. The van der Waals surface area contributed by atoms with Gasteiger partial charge in [0.15, 0.2) is 0 Å². The van der Waals surface area contributed by atoms with Gasteiger partial charge in [-0.1, -0.05) is 12.1 Å². The van der Waals surface area contributed by atoms with Gasteiger partial charge in [-0.15, -0.1) is 0 Å². The Morgan fingerprint density at radius 1 is 1.29 bits per heavy atom. The SMILES string of the molecule is C[C@H]1NCCC[C@@H]1NS(=O)(=O)c1ccccc1C(F)(F)F. The summed E-state index contributed by atoms with van der Waals surface area (Å²) in [6.45, 7) is 2.58. The summed E-state index contributed by atoms with van der Waals surface area (Å²) < 4.78 is 65.7. The Labute approximate surface area is 121 Å². The van der Waals surface area contributed by atoms with Crippen LogP contribution >= 0.6 is 0 Å². The number of hydrogen-bond acceptors (Lipinski definition) is 3. The van der Waals surface area contributed by atoms with Crippen LogP contribution in [0.5, 0.6) is 0 Å². The van der Waals surface area contributed by atoms with E-state index in [4.69, 9.17) is 0 Å². The van der Waals surface area contributed by atoms with Crippen molar-refractivity contribution in [1.82, 2.24) is 10.0 Å². The lowest BCUT2D eigenvalue weighted by molar-refractivity contribution is -0.139. The van der Waals surface area contributed by atoms with Crippen molar-refractivity contribution >= 4 is 10.0 Å². The number of piperidine rings is 1. The molecule has 0 aromatic heterocycles. The molecule has 1 heterocycles. The van der Waals surface area contributed by atoms with E-state index in [-0.39, 0.29) is 6.04 Å². The number of sulfonamides is 1. The Morgan fingerprint density at radius 3 is 2.57 bits per heavy atom. The van der Waals surface area contributed by atoms with E-state index in [1.165, 1.54) is 12.1 Å². The van der Waals surface area contributed by atoms with Gasteiger partial charge in [-0.05, 0) is 38.4 Å². The Balaban J connectivity index is 2.32. The lowest BCUT2D eigenvalue weighted by Gasteiger charge is -2.30. The minimum Gasteiger partial charge on any atom is -0.313 e. The second kappa shape index (κ2) is 5.94. The third kappa shape index (κ3) is 3.75. The summed E-state index contributed by atoms with van der Waals surface area (Å²) in [7, 11) is -4.22. The van der Waals surface area contributed by atoms with Crippen molar-refractivity contribution in [3.63, 3.8) is 0 Å². The van der Waals surface area contributed by atoms with E-state index in [0.29, 0.717) is 6.42 Å². The summed E-state index contributed by atoms with van der Waals surface area (Å²) in [5.74, 6) is 0. The van der Waals surface area contributed by atoms with Gasteiger partial charge in [-0.3, -0.25) is 0 Å². The maximum atomic E-state index is 12.9. The minimum absolute atomic E-state index is 0.119. The summed E-state index contributed by atoms with van der Waals surface area (Å²) in [5.41, 5.74) is -1.14. The monoisotopic (exact) mass is 322 g/mol. The Hall–Kier alpha value is -1.12. The zero-order valence-corrected chi connectivity index (χ0v) is 12.3. The van der Waals surface area contributed by atoms with Crippen molar-refractivity contribution < 1.29 is 21.6 Å². The van der Waals surface area contributed by atoms with Crippen molar-refractivity contribution in [3.8, 4) is 0 Å². The fourth-order valence-corrected chi connectivity index (χ4v) is 3.98. The van der Waals surface area contributed by atoms with Crippen molar-refractivity contribution in [2.45, 2.75) is 42.9 Å². The van der Waals surface area contributed by atoms with Gasteiger partial charge in [0.2, 0.25) is 10.0 Å². The smallest absolute Gasteiger partial charge is 0.313 e. The summed E-state index contributed by atoms with van der Waals surface area (Å²) in [6, 6.07) is 3.68. The normalized spacial score (nSPS) is 24.0. The molecule has 2 atom stereocenters. The van der Waals surface area contributed by atoms with Crippen molar-refractivity contribution in [2.75, 3.05) is 6.54 Å². The van der Waals surface area contributed by atoms with Crippen LogP contribution in [0.2, 0.25) is 0 Å². The summed E-state index contributed by atoms with van der Waals surface area (Å²) >= 11 is 0. The highest BCUT2D eigenvalue weighted by Gasteiger charge is 2.38. The predicted molar refractivity (Wildman–Crippen MR) is 72.3 cm³/mol. The lowest BCUT2D eigenvalue weighted by atomic mass is 10.0. The number of hydrogen-bond donors (Lipinski definition) is 2. The van der Waals surface area contributed by atoms with Crippen LogP contribution in [0.4, 0.5) is 13.2 Å². The molecule has 0 radical (unpaired) electrons. The third-order valence-electron chi connectivity index (χ3n) is 3.55. The minimum atomic E-state index is -4.71. The zero-order chi connectivity index (χ0) is 15.7. The van der Waals surface area contributed by atoms with Gasteiger partial charge < -0.3 is 5.32 Å². The number of rotatable bonds is 3. The molecule has 21 heavy (non-hydrogen) atoms. The van der Waals surface area contributed by atoms with Gasteiger partial charge >= 0.3 is 6.18 Å². The molecule has 1 saturated heterocycles. The Morgan fingerprint density at radius 2 is 1.95 bits per heavy atom. The van der Waals surface area contributed by atoms with Crippen LogP contribution in [0.25, 0.3) is 0 Å². The highest BCUT2D eigenvalue weighted by Crippen LogP contribution is 2.34. The second-order valence-electron chi connectivity index (χ2n) is 5.11.